The third-order valence-corrected chi connectivity index (χ3v) is 4.09. The number of amides is 2. The average Bonchev–Trinajstić information content (AvgIpc) is 2.55. The van der Waals surface area contributed by atoms with Crippen LogP contribution >= 0.6 is 23.2 Å². The Morgan fingerprint density at radius 2 is 2.17 bits per heavy atom. The zero-order valence-electron chi connectivity index (χ0n) is 12.6. The molecule has 0 radical (unpaired) electrons. The fraction of sp³-hybridized carbons (Fsp3) is 0.467. The molecule has 1 saturated heterocycles. The van der Waals surface area contributed by atoms with E-state index in [1.807, 2.05) is 0 Å². The van der Waals surface area contributed by atoms with E-state index in [2.05, 4.69) is 10.6 Å². The molecule has 1 aliphatic rings. The third-order valence-electron chi connectivity index (χ3n) is 3.52. The van der Waals surface area contributed by atoms with Gasteiger partial charge in [0.25, 0.3) is 5.91 Å². The molecule has 0 spiro atoms. The van der Waals surface area contributed by atoms with Gasteiger partial charge in [0.2, 0.25) is 5.91 Å². The van der Waals surface area contributed by atoms with Gasteiger partial charge in [0.05, 0.1) is 35.9 Å². The maximum atomic E-state index is 12.1. The van der Waals surface area contributed by atoms with Crippen LogP contribution in [0, 0.1) is 0 Å². The Kier molecular flexibility index (Phi) is 6.65. The molecule has 0 bridgehead atoms. The molecule has 23 heavy (non-hydrogen) atoms. The number of nitrogens with one attached hydrogen (secondary N) is 2. The Morgan fingerprint density at radius 1 is 1.39 bits per heavy atom. The highest BCUT2D eigenvalue weighted by Gasteiger charge is 2.27. The lowest BCUT2D eigenvalue weighted by molar-refractivity contribution is -0.124. The van der Waals surface area contributed by atoms with E-state index in [1.165, 1.54) is 12.1 Å². The molecule has 2 amide bonds. The Hall–Kier alpha value is -1.34. The first-order chi connectivity index (χ1) is 11.0. The minimum Gasteiger partial charge on any atom is -0.379 e. The number of rotatable bonds is 5. The Balaban J connectivity index is 1.86. The summed E-state index contributed by atoms with van der Waals surface area (Å²) >= 11 is 11.8. The monoisotopic (exact) mass is 360 g/mol. The van der Waals surface area contributed by atoms with E-state index in [9.17, 15) is 9.59 Å². The second-order valence-electron chi connectivity index (χ2n) is 5.12. The van der Waals surface area contributed by atoms with E-state index in [0.29, 0.717) is 24.7 Å². The molecule has 1 aromatic carbocycles. The van der Waals surface area contributed by atoms with Crippen LogP contribution in [0.25, 0.3) is 0 Å². The third kappa shape index (κ3) is 5.07. The molecule has 1 aromatic rings. The van der Waals surface area contributed by atoms with Crippen molar-refractivity contribution in [3.05, 3.63) is 33.8 Å². The van der Waals surface area contributed by atoms with Crippen molar-refractivity contribution in [3.63, 3.8) is 0 Å². The number of methoxy groups -OCH3 is 1. The minimum absolute atomic E-state index is 0.0919. The van der Waals surface area contributed by atoms with E-state index in [4.69, 9.17) is 32.7 Å². The predicted octanol–water partition coefficient (Wildman–Crippen LogP) is 1.64. The van der Waals surface area contributed by atoms with Crippen LogP contribution in [-0.2, 0) is 14.3 Å². The van der Waals surface area contributed by atoms with E-state index in [0.717, 1.165) is 0 Å². The first kappa shape index (κ1) is 18.0. The molecule has 2 atom stereocenters. The average molecular weight is 361 g/mol. The van der Waals surface area contributed by atoms with Gasteiger partial charge in [-0.3, -0.25) is 9.59 Å². The molecular weight excluding hydrogens is 343 g/mol. The molecule has 6 nitrogen and oxygen atoms in total. The van der Waals surface area contributed by atoms with Gasteiger partial charge in [0.1, 0.15) is 0 Å². The molecule has 0 aromatic heterocycles. The number of carbonyl (C=O) groups excluding carboxylic acids is 2. The molecule has 1 aliphatic heterocycles. The van der Waals surface area contributed by atoms with Crippen molar-refractivity contribution < 1.29 is 19.1 Å². The van der Waals surface area contributed by atoms with Crippen LogP contribution in [0.1, 0.15) is 16.8 Å². The SMILES string of the molecule is CO[C@@H]1CCOC[C@H]1NC(=O)CNC(=O)c1cc(Cl)ccc1Cl. The van der Waals surface area contributed by atoms with Crippen molar-refractivity contribution in [3.8, 4) is 0 Å². The topological polar surface area (TPSA) is 76.7 Å². The van der Waals surface area contributed by atoms with E-state index < -0.39 is 5.91 Å². The molecule has 0 unspecified atom stereocenters. The van der Waals surface area contributed by atoms with Gasteiger partial charge in [-0.15, -0.1) is 0 Å². The summed E-state index contributed by atoms with van der Waals surface area (Å²) in [7, 11) is 1.60. The van der Waals surface area contributed by atoms with Crippen LogP contribution in [0.4, 0.5) is 0 Å². The summed E-state index contributed by atoms with van der Waals surface area (Å²) in [5, 5.41) is 5.97. The second-order valence-corrected chi connectivity index (χ2v) is 5.96. The fourth-order valence-electron chi connectivity index (χ4n) is 2.32. The molecule has 2 rings (SSSR count). The van der Waals surface area contributed by atoms with Gasteiger partial charge in [-0.05, 0) is 24.6 Å². The quantitative estimate of drug-likeness (QED) is 0.836. The van der Waals surface area contributed by atoms with Crippen LogP contribution in [0.3, 0.4) is 0 Å². The maximum Gasteiger partial charge on any atom is 0.253 e. The standard InChI is InChI=1S/C15H18Cl2N2O4/c1-22-13-4-5-23-8-12(13)19-14(20)7-18-15(21)10-6-9(16)2-3-11(10)17/h2-3,6,12-13H,4-5,7-8H2,1H3,(H,18,21)(H,19,20)/t12-,13-/m1/s1. The van der Waals surface area contributed by atoms with Crippen molar-refractivity contribution in [2.45, 2.75) is 18.6 Å². The molecular formula is C15H18Cl2N2O4. The van der Waals surface area contributed by atoms with Gasteiger partial charge in [-0.1, -0.05) is 23.2 Å². The lowest BCUT2D eigenvalue weighted by atomic mass is 10.1. The van der Waals surface area contributed by atoms with E-state index >= 15 is 0 Å². The molecule has 0 saturated carbocycles. The van der Waals surface area contributed by atoms with Crippen molar-refractivity contribution in [2.24, 2.45) is 0 Å². The summed E-state index contributed by atoms with van der Waals surface area (Å²) in [6, 6.07) is 4.34. The van der Waals surface area contributed by atoms with Gasteiger partial charge in [-0.2, -0.15) is 0 Å². The summed E-state index contributed by atoms with van der Waals surface area (Å²) in [6.07, 6.45) is 0.622. The zero-order chi connectivity index (χ0) is 16.8. The normalized spacial score (nSPS) is 20.8. The Labute approximate surface area is 144 Å². The molecule has 8 heteroatoms. The van der Waals surface area contributed by atoms with E-state index in [-0.39, 0.29) is 35.2 Å². The van der Waals surface area contributed by atoms with Crippen molar-refractivity contribution in [1.29, 1.82) is 0 Å². The maximum absolute atomic E-state index is 12.1. The number of ether oxygens (including phenoxy) is 2. The van der Waals surface area contributed by atoms with Crippen LogP contribution < -0.4 is 10.6 Å². The number of benzene rings is 1. The van der Waals surface area contributed by atoms with E-state index in [1.54, 1.807) is 13.2 Å². The molecule has 2 N–H and O–H groups in total. The minimum atomic E-state index is -0.462. The molecule has 126 valence electrons. The highest BCUT2D eigenvalue weighted by atomic mass is 35.5. The summed E-state index contributed by atoms with van der Waals surface area (Å²) in [4.78, 5) is 24.0. The lowest BCUT2D eigenvalue weighted by Crippen LogP contribution is -2.52. The van der Waals surface area contributed by atoms with Crippen LogP contribution in [0.15, 0.2) is 18.2 Å². The summed E-state index contributed by atoms with van der Waals surface area (Å²) in [5.74, 6) is -0.787. The van der Waals surface area contributed by atoms with Gasteiger partial charge in [-0.25, -0.2) is 0 Å². The van der Waals surface area contributed by atoms with Crippen molar-refractivity contribution >= 4 is 35.0 Å². The summed E-state index contributed by atoms with van der Waals surface area (Å²) in [5.41, 5.74) is 0.225. The predicted molar refractivity (Wildman–Crippen MR) is 87.0 cm³/mol. The van der Waals surface area contributed by atoms with Gasteiger partial charge < -0.3 is 20.1 Å². The number of hydrogen-bond acceptors (Lipinski definition) is 4. The highest BCUT2D eigenvalue weighted by molar-refractivity contribution is 6.35. The van der Waals surface area contributed by atoms with Crippen LogP contribution in [0.2, 0.25) is 10.0 Å². The highest BCUT2D eigenvalue weighted by Crippen LogP contribution is 2.20. The summed E-state index contributed by atoms with van der Waals surface area (Å²) < 4.78 is 10.6. The number of carbonyl (C=O) groups is 2. The first-order valence-corrected chi connectivity index (χ1v) is 7.90. The van der Waals surface area contributed by atoms with Gasteiger partial charge in [0.15, 0.2) is 0 Å². The zero-order valence-corrected chi connectivity index (χ0v) is 14.1. The number of hydrogen-bond donors (Lipinski definition) is 2. The Bertz CT molecular complexity index is 583. The second kappa shape index (κ2) is 8.49. The van der Waals surface area contributed by atoms with Crippen molar-refractivity contribution in [2.75, 3.05) is 26.9 Å². The first-order valence-electron chi connectivity index (χ1n) is 7.14. The molecule has 0 aliphatic carbocycles. The van der Waals surface area contributed by atoms with Gasteiger partial charge >= 0.3 is 0 Å². The Morgan fingerprint density at radius 3 is 2.91 bits per heavy atom. The fourth-order valence-corrected chi connectivity index (χ4v) is 2.70. The van der Waals surface area contributed by atoms with Crippen LogP contribution in [0.5, 0.6) is 0 Å². The smallest absolute Gasteiger partial charge is 0.253 e. The number of halogens is 2. The summed E-state index contributed by atoms with van der Waals surface area (Å²) in [6.45, 7) is 0.821. The largest absolute Gasteiger partial charge is 0.379 e. The lowest BCUT2D eigenvalue weighted by Gasteiger charge is -2.31. The van der Waals surface area contributed by atoms with Crippen LogP contribution in [-0.4, -0.2) is 50.8 Å². The van der Waals surface area contributed by atoms with Crippen molar-refractivity contribution in [1.82, 2.24) is 10.6 Å². The molecule has 1 heterocycles. The molecule has 1 fully saturated rings. The van der Waals surface area contributed by atoms with Gasteiger partial charge in [0, 0.05) is 18.7 Å².